The normalized spacial score (nSPS) is 10.9. The number of aromatic amines is 1. The number of aryl methyl sites for hydroxylation is 3. The van der Waals surface area contributed by atoms with Gasteiger partial charge in [-0.15, -0.1) is 0 Å². The number of benzene rings is 1. The van der Waals surface area contributed by atoms with Gasteiger partial charge in [0.05, 0.1) is 12.6 Å². The summed E-state index contributed by atoms with van der Waals surface area (Å²) in [6.07, 6.45) is 2.78. The van der Waals surface area contributed by atoms with E-state index in [1.807, 2.05) is 30.5 Å². The Kier molecular flexibility index (Phi) is 5.11. The minimum atomic E-state index is -0.344. The maximum atomic E-state index is 12.3. The lowest BCUT2D eigenvalue weighted by Gasteiger charge is -2.09. The molecule has 0 spiro atoms. The van der Waals surface area contributed by atoms with Gasteiger partial charge in [-0.3, -0.25) is 9.59 Å². The molecule has 0 fully saturated rings. The number of amides is 1. The monoisotopic (exact) mass is 353 g/mol. The molecule has 3 aromatic rings. The lowest BCUT2D eigenvalue weighted by Crippen LogP contribution is -2.32. The molecule has 136 valence electrons. The van der Waals surface area contributed by atoms with Crippen LogP contribution in [0.3, 0.4) is 0 Å². The predicted octanol–water partition coefficient (Wildman–Crippen LogP) is 2.78. The number of hydrogen-bond acceptors (Lipinski definition) is 3. The molecular weight excluding hydrogens is 330 g/mol. The van der Waals surface area contributed by atoms with Crippen LogP contribution in [0.4, 0.5) is 0 Å². The van der Waals surface area contributed by atoms with Crippen molar-refractivity contribution in [3.05, 3.63) is 63.7 Å². The third kappa shape index (κ3) is 3.49. The minimum Gasteiger partial charge on any atom is -0.496 e. The van der Waals surface area contributed by atoms with Crippen LogP contribution in [0.1, 0.15) is 28.0 Å². The topological polar surface area (TPSA) is 76.1 Å². The summed E-state index contributed by atoms with van der Waals surface area (Å²) in [6, 6.07) is 9.78. The van der Waals surface area contributed by atoms with Crippen LogP contribution in [0.15, 0.2) is 41.3 Å². The van der Waals surface area contributed by atoms with E-state index in [9.17, 15) is 9.59 Å². The maximum absolute atomic E-state index is 12.3. The Balaban J connectivity index is 1.61. The average Bonchev–Trinajstić information content (AvgIpc) is 3.01. The summed E-state index contributed by atoms with van der Waals surface area (Å²) in [6.45, 7) is 4.83. The Morgan fingerprint density at radius 3 is 2.81 bits per heavy atom. The van der Waals surface area contributed by atoms with Crippen molar-refractivity contribution < 1.29 is 9.53 Å². The van der Waals surface area contributed by atoms with Gasteiger partial charge in [-0.1, -0.05) is 6.07 Å². The van der Waals surface area contributed by atoms with E-state index in [-0.39, 0.29) is 17.0 Å². The molecule has 3 rings (SSSR count). The first-order valence-electron chi connectivity index (χ1n) is 8.62. The molecule has 1 amide bonds. The number of fused-ring (bicyclic) bond motifs is 1. The summed E-state index contributed by atoms with van der Waals surface area (Å²) in [5.74, 6) is 0.520. The molecule has 0 bridgehead atoms. The number of carbonyl (C=O) groups is 1. The van der Waals surface area contributed by atoms with E-state index in [1.165, 1.54) is 0 Å². The van der Waals surface area contributed by atoms with Gasteiger partial charge in [0.2, 0.25) is 0 Å². The number of hydrogen-bond donors (Lipinski definition) is 2. The molecule has 2 N–H and O–H groups in total. The van der Waals surface area contributed by atoms with Gasteiger partial charge in [-0.25, -0.2) is 0 Å². The molecule has 6 nitrogen and oxygen atoms in total. The van der Waals surface area contributed by atoms with Gasteiger partial charge >= 0.3 is 0 Å². The Morgan fingerprint density at radius 2 is 2.08 bits per heavy atom. The molecule has 0 saturated heterocycles. The fourth-order valence-electron chi connectivity index (χ4n) is 3.24. The number of pyridine rings is 1. The van der Waals surface area contributed by atoms with Gasteiger partial charge in [0, 0.05) is 30.4 Å². The fraction of sp³-hybridized carbons (Fsp3) is 0.300. The molecule has 0 saturated carbocycles. The number of H-pyrrole nitrogens is 1. The molecule has 0 aliphatic heterocycles. The van der Waals surface area contributed by atoms with Crippen LogP contribution >= 0.6 is 0 Å². The van der Waals surface area contributed by atoms with Crippen molar-refractivity contribution >= 4 is 16.8 Å². The minimum absolute atomic E-state index is 0.187. The number of ether oxygens (including phenoxy) is 1. The van der Waals surface area contributed by atoms with E-state index in [0.29, 0.717) is 12.1 Å². The molecule has 0 aliphatic carbocycles. The van der Waals surface area contributed by atoms with E-state index in [0.717, 1.165) is 35.3 Å². The van der Waals surface area contributed by atoms with Gasteiger partial charge in [-0.2, -0.15) is 0 Å². The van der Waals surface area contributed by atoms with Crippen LogP contribution in [-0.4, -0.2) is 29.1 Å². The van der Waals surface area contributed by atoms with Crippen LogP contribution in [0.5, 0.6) is 5.75 Å². The van der Waals surface area contributed by atoms with Gasteiger partial charge < -0.3 is 19.6 Å². The first-order chi connectivity index (χ1) is 12.5. The highest BCUT2D eigenvalue weighted by molar-refractivity contribution is 5.95. The number of carbonyl (C=O) groups excluding carboxylic acids is 1. The van der Waals surface area contributed by atoms with Crippen LogP contribution in [0.25, 0.3) is 10.9 Å². The number of nitrogens with one attached hydrogen (secondary N) is 2. The number of nitrogens with zero attached hydrogens (tertiary/aromatic N) is 1. The van der Waals surface area contributed by atoms with Crippen LogP contribution in [0.2, 0.25) is 0 Å². The number of aromatic nitrogens is 2. The average molecular weight is 353 g/mol. The van der Waals surface area contributed by atoms with Crippen molar-refractivity contribution in [2.45, 2.75) is 26.8 Å². The molecule has 2 heterocycles. The van der Waals surface area contributed by atoms with Gasteiger partial charge in [0.1, 0.15) is 11.3 Å². The molecule has 0 aliphatic rings. The molecule has 6 heteroatoms. The smallest absolute Gasteiger partial charge is 0.261 e. The second kappa shape index (κ2) is 7.47. The van der Waals surface area contributed by atoms with Crippen molar-refractivity contribution in [3.63, 3.8) is 0 Å². The summed E-state index contributed by atoms with van der Waals surface area (Å²) in [5, 5.41) is 3.91. The predicted molar refractivity (Wildman–Crippen MR) is 102 cm³/mol. The zero-order valence-electron chi connectivity index (χ0n) is 15.3. The van der Waals surface area contributed by atoms with Gasteiger partial charge in [-0.05, 0) is 50.1 Å². The highest BCUT2D eigenvalue weighted by Gasteiger charge is 2.13. The molecule has 1 aromatic carbocycles. The van der Waals surface area contributed by atoms with Crippen LogP contribution in [0, 0.1) is 13.8 Å². The van der Waals surface area contributed by atoms with Crippen molar-refractivity contribution in [2.24, 2.45) is 0 Å². The molecule has 26 heavy (non-hydrogen) atoms. The summed E-state index contributed by atoms with van der Waals surface area (Å²) in [7, 11) is 1.66. The Labute approximate surface area is 151 Å². The zero-order chi connectivity index (χ0) is 18.7. The number of methoxy groups -OCH3 is 1. The fourth-order valence-corrected chi connectivity index (χ4v) is 3.24. The molecular formula is C20H23N3O3. The third-order valence-corrected chi connectivity index (χ3v) is 4.45. The van der Waals surface area contributed by atoms with E-state index in [4.69, 9.17) is 4.74 Å². The summed E-state index contributed by atoms with van der Waals surface area (Å²) >= 11 is 0. The van der Waals surface area contributed by atoms with Crippen molar-refractivity contribution in [2.75, 3.05) is 13.7 Å². The summed E-state index contributed by atoms with van der Waals surface area (Å²) in [5.41, 5.74) is 2.38. The van der Waals surface area contributed by atoms with Crippen molar-refractivity contribution in [3.8, 4) is 5.75 Å². The van der Waals surface area contributed by atoms with Crippen LogP contribution in [-0.2, 0) is 6.54 Å². The standard InChI is InChI=1S/C20H23N3O3/c1-13-12-14(2)22-20(25)18(13)19(24)21-9-5-10-23-11-8-15-16(23)6-4-7-17(15)26-3/h4,6-8,11-12H,5,9-10H2,1-3H3,(H,21,24)(H,22,25). The lowest BCUT2D eigenvalue weighted by atomic mass is 10.1. The van der Waals surface area contributed by atoms with Gasteiger partial charge in [0.25, 0.3) is 11.5 Å². The summed E-state index contributed by atoms with van der Waals surface area (Å²) in [4.78, 5) is 27.0. The quantitative estimate of drug-likeness (QED) is 0.669. The van der Waals surface area contributed by atoms with E-state index in [2.05, 4.69) is 14.9 Å². The Bertz CT molecular complexity index is 1000. The van der Waals surface area contributed by atoms with Gasteiger partial charge in [0.15, 0.2) is 0 Å². The van der Waals surface area contributed by atoms with Crippen LogP contribution < -0.4 is 15.6 Å². The highest BCUT2D eigenvalue weighted by Crippen LogP contribution is 2.26. The van der Waals surface area contributed by atoms with E-state index < -0.39 is 0 Å². The first-order valence-corrected chi connectivity index (χ1v) is 8.62. The second-order valence-electron chi connectivity index (χ2n) is 6.35. The zero-order valence-corrected chi connectivity index (χ0v) is 15.3. The van der Waals surface area contributed by atoms with Crippen molar-refractivity contribution in [1.82, 2.24) is 14.9 Å². The third-order valence-electron chi connectivity index (χ3n) is 4.45. The number of rotatable bonds is 6. The van der Waals surface area contributed by atoms with E-state index in [1.54, 1.807) is 27.0 Å². The molecule has 0 unspecified atom stereocenters. The molecule has 0 radical (unpaired) electrons. The highest BCUT2D eigenvalue weighted by atomic mass is 16.5. The van der Waals surface area contributed by atoms with Crippen molar-refractivity contribution in [1.29, 1.82) is 0 Å². The SMILES string of the molecule is COc1cccc2c1ccn2CCCNC(=O)c1c(C)cc(C)[nH]c1=O. The second-order valence-corrected chi connectivity index (χ2v) is 6.35. The largest absolute Gasteiger partial charge is 0.496 e. The molecule has 2 aromatic heterocycles. The first kappa shape index (κ1) is 17.8. The van der Waals surface area contributed by atoms with E-state index >= 15 is 0 Å². The Morgan fingerprint density at radius 1 is 1.27 bits per heavy atom. The Hall–Kier alpha value is -3.02. The summed E-state index contributed by atoms with van der Waals surface area (Å²) < 4.78 is 7.51. The molecule has 0 atom stereocenters. The lowest BCUT2D eigenvalue weighted by molar-refractivity contribution is 0.0950. The maximum Gasteiger partial charge on any atom is 0.261 e.